The van der Waals surface area contributed by atoms with Gasteiger partial charge in [0.25, 0.3) is 0 Å². The van der Waals surface area contributed by atoms with Gasteiger partial charge >= 0.3 is 0 Å². The largest absolute Gasteiger partial charge is 0.494 e. The molecule has 6 heteroatoms. The summed E-state index contributed by atoms with van der Waals surface area (Å²) in [5.41, 5.74) is 3.31. The lowest BCUT2D eigenvalue weighted by molar-refractivity contribution is -0.0104. The zero-order valence-electron chi connectivity index (χ0n) is 25.7. The molecule has 4 aromatic carbocycles. The number of nitrogens with zero attached hydrogens (tertiary/aromatic N) is 2. The normalized spacial score (nSPS) is 17.2. The van der Waals surface area contributed by atoms with Gasteiger partial charge in [-0.2, -0.15) is 0 Å². The van der Waals surface area contributed by atoms with E-state index in [-0.39, 0.29) is 5.92 Å². The van der Waals surface area contributed by atoms with Gasteiger partial charge in [-0.3, -0.25) is 4.90 Å². The van der Waals surface area contributed by atoms with Crippen LogP contribution in [0.1, 0.15) is 47.9 Å². The molecule has 44 heavy (non-hydrogen) atoms. The van der Waals surface area contributed by atoms with Crippen molar-refractivity contribution in [3.63, 3.8) is 0 Å². The lowest BCUT2D eigenvalue weighted by atomic mass is 9.73. The van der Waals surface area contributed by atoms with Crippen molar-refractivity contribution in [1.82, 2.24) is 9.80 Å². The first-order chi connectivity index (χ1) is 21.6. The molecule has 0 radical (unpaired) electrons. The number of rotatable bonds is 13. The third kappa shape index (κ3) is 7.27. The summed E-state index contributed by atoms with van der Waals surface area (Å²) in [6, 6.07) is 35.3. The molecule has 2 aliphatic heterocycles. The molecular formula is C38H44N2O4. The third-order valence-electron chi connectivity index (χ3n) is 8.96. The highest BCUT2D eigenvalue weighted by molar-refractivity contribution is 5.44. The molecule has 6 rings (SSSR count). The van der Waals surface area contributed by atoms with Crippen LogP contribution in [0.3, 0.4) is 0 Å². The Bertz CT molecular complexity index is 1460. The summed E-state index contributed by atoms with van der Waals surface area (Å²) in [5.74, 6) is 2.38. The maximum absolute atomic E-state index is 12.9. The van der Waals surface area contributed by atoms with Crippen LogP contribution in [-0.4, -0.2) is 61.0 Å². The van der Waals surface area contributed by atoms with Crippen LogP contribution in [0.4, 0.5) is 0 Å². The number of fused-ring (bicyclic) bond motifs is 1. The maximum atomic E-state index is 12.9. The molecule has 6 nitrogen and oxygen atoms in total. The molecule has 0 saturated carbocycles. The van der Waals surface area contributed by atoms with Crippen molar-refractivity contribution in [2.75, 3.05) is 46.1 Å². The van der Waals surface area contributed by atoms with Gasteiger partial charge in [0.1, 0.15) is 11.4 Å². The summed E-state index contributed by atoms with van der Waals surface area (Å²) in [6.07, 6.45) is 2.65. The Kier molecular flexibility index (Phi) is 9.81. The van der Waals surface area contributed by atoms with Crippen LogP contribution in [0.2, 0.25) is 0 Å². The number of piperazine rings is 1. The van der Waals surface area contributed by atoms with Gasteiger partial charge in [-0.15, -0.1) is 0 Å². The minimum absolute atomic E-state index is 0.129. The second-order valence-electron chi connectivity index (χ2n) is 12.0. The average molecular weight is 593 g/mol. The molecule has 0 unspecified atom stereocenters. The van der Waals surface area contributed by atoms with Gasteiger partial charge in [0, 0.05) is 51.6 Å². The van der Waals surface area contributed by atoms with Crippen molar-refractivity contribution in [2.24, 2.45) is 0 Å². The Morgan fingerprint density at radius 1 is 0.773 bits per heavy atom. The van der Waals surface area contributed by atoms with E-state index >= 15 is 0 Å². The average Bonchev–Trinajstić information content (AvgIpc) is 3.54. The standard InChI is InChI=1S/C38H44N2O4/c1-2-3-24-42-34-17-15-33(16-18-34)38(41,26-30-10-6-4-7-11-30)35(32-12-8-5-9-13-32)28-40-22-20-39(21-23-40)27-31-14-19-36-37(25-31)44-29-43-36/h4-19,25,35,41H,2-3,20-24,26-29H2,1H3/t35-,38-/m1/s1. The quantitative estimate of drug-likeness (QED) is 0.176. The maximum Gasteiger partial charge on any atom is 0.231 e. The predicted molar refractivity (Wildman–Crippen MR) is 174 cm³/mol. The second kappa shape index (κ2) is 14.3. The lowest BCUT2D eigenvalue weighted by Crippen LogP contribution is -2.50. The highest BCUT2D eigenvalue weighted by Crippen LogP contribution is 2.41. The molecule has 4 aromatic rings. The minimum Gasteiger partial charge on any atom is -0.494 e. The van der Waals surface area contributed by atoms with Crippen LogP contribution in [0, 0.1) is 0 Å². The van der Waals surface area contributed by atoms with Gasteiger partial charge in [0.2, 0.25) is 6.79 Å². The van der Waals surface area contributed by atoms with Crippen molar-refractivity contribution in [2.45, 2.75) is 44.2 Å². The van der Waals surface area contributed by atoms with E-state index in [1.807, 2.05) is 30.3 Å². The van der Waals surface area contributed by atoms with Crippen LogP contribution in [0.15, 0.2) is 103 Å². The van der Waals surface area contributed by atoms with Crippen LogP contribution in [0.5, 0.6) is 17.2 Å². The van der Waals surface area contributed by atoms with Gasteiger partial charge < -0.3 is 24.2 Å². The number of hydrogen-bond acceptors (Lipinski definition) is 6. The summed E-state index contributed by atoms with van der Waals surface area (Å²) in [7, 11) is 0. The Morgan fingerprint density at radius 3 is 2.18 bits per heavy atom. The van der Waals surface area contributed by atoms with Gasteiger partial charge in [-0.05, 0) is 52.9 Å². The molecule has 0 aliphatic carbocycles. The molecule has 230 valence electrons. The fourth-order valence-corrected chi connectivity index (χ4v) is 6.41. The summed E-state index contributed by atoms with van der Waals surface area (Å²) in [4.78, 5) is 5.02. The Balaban J connectivity index is 1.22. The second-order valence-corrected chi connectivity index (χ2v) is 12.0. The molecular weight excluding hydrogens is 548 g/mol. The van der Waals surface area contributed by atoms with E-state index in [1.165, 1.54) is 5.56 Å². The van der Waals surface area contributed by atoms with Gasteiger partial charge in [-0.25, -0.2) is 0 Å². The molecule has 2 aliphatic rings. The summed E-state index contributed by atoms with van der Waals surface area (Å²) in [6.45, 7) is 8.65. The van der Waals surface area contributed by atoms with Gasteiger partial charge in [-0.1, -0.05) is 92.2 Å². The van der Waals surface area contributed by atoms with Gasteiger partial charge in [0.15, 0.2) is 11.5 Å². The highest BCUT2D eigenvalue weighted by atomic mass is 16.7. The Morgan fingerprint density at radius 2 is 1.45 bits per heavy atom. The zero-order valence-corrected chi connectivity index (χ0v) is 25.7. The molecule has 0 spiro atoms. The summed E-state index contributed by atoms with van der Waals surface area (Å²) >= 11 is 0. The third-order valence-corrected chi connectivity index (χ3v) is 8.96. The first kappa shape index (κ1) is 30.2. The fraction of sp³-hybridized carbons (Fsp3) is 0.368. The van der Waals surface area contributed by atoms with Crippen molar-refractivity contribution in [3.05, 3.63) is 125 Å². The molecule has 0 amide bonds. The van der Waals surface area contributed by atoms with E-state index in [2.05, 4.69) is 89.5 Å². The SMILES string of the molecule is CCCCOc1ccc([C@](O)(Cc2ccccc2)[C@H](CN2CCN(Cc3ccc4c(c3)OCO4)CC2)c2ccccc2)cc1. The van der Waals surface area contributed by atoms with E-state index in [0.29, 0.717) is 19.8 Å². The Labute approximate surface area is 261 Å². The van der Waals surface area contributed by atoms with Crippen molar-refractivity contribution in [3.8, 4) is 17.2 Å². The van der Waals surface area contributed by atoms with E-state index in [9.17, 15) is 5.11 Å². The van der Waals surface area contributed by atoms with Crippen molar-refractivity contribution in [1.29, 1.82) is 0 Å². The first-order valence-electron chi connectivity index (χ1n) is 16.0. The molecule has 2 atom stereocenters. The smallest absolute Gasteiger partial charge is 0.231 e. The number of aliphatic hydroxyl groups is 1. The molecule has 1 saturated heterocycles. The topological polar surface area (TPSA) is 54.4 Å². The molecule has 2 heterocycles. The predicted octanol–water partition coefficient (Wildman–Crippen LogP) is 6.63. The monoisotopic (exact) mass is 592 g/mol. The molecule has 0 bridgehead atoms. The first-order valence-corrected chi connectivity index (χ1v) is 16.0. The van der Waals surface area contributed by atoms with Crippen LogP contribution in [-0.2, 0) is 18.6 Å². The molecule has 1 fully saturated rings. The highest BCUT2D eigenvalue weighted by Gasteiger charge is 2.41. The number of unbranched alkanes of at least 4 members (excludes halogenated alkanes) is 1. The van der Waals surface area contributed by atoms with Crippen LogP contribution < -0.4 is 14.2 Å². The minimum atomic E-state index is -1.12. The van der Waals surface area contributed by atoms with Crippen molar-refractivity contribution < 1.29 is 19.3 Å². The van der Waals surface area contributed by atoms with Crippen LogP contribution >= 0.6 is 0 Å². The molecule has 0 aromatic heterocycles. The summed E-state index contributed by atoms with van der Waals surface area (Å²) in [5, 5.41) is 12.9. The Hall–Kier alpha value is -3.84. The van der Waals surface area contributed by atoms with E-state index in [4.69, 9.17) is 14.2 Å². The van der Waals surface area contributed by atoms with E-state index in [0.717, 1.165) is 86.0 Å². The lowest BCUT2D eigenvalue weighted by Gasteiger charge is -2.42. The van der Waals surface area contributed by atoms with Gasteiger partial charge in [0.05, 0.1) is 6.61 Å². The number of hydrogen-bond donors (Lipinski definition) is 1. The summed E-state index contributed by atoms with van der Waals surface area (Å²) < 4.78 is 17.0. The van der Waals surface area contributed by atoms with E-state index < -0.39 is 5.60 Å². The van der Waals surface area contributed by atoms with E-state index in [1.54, 1.807) is 0 Å². The molecule has 1 N–H and O–H groups in total. The number of ether oxygens (including phenoxy) is 3. The zero-order chi connectivity index (χ0) is 30.2. The fourth-order valence-electron chi connectivity index (χ4n) is 6.41. The number of benzene rings is 4. The van der Waals surface area contributed by atoms with Crippen LogP contribution in [0.25, 0.3) is 0 Å². The van der Waals surface area contributed by atoms with Crippen molar-refractivity contribution >= 4 is 0 Å².